The average Bonchev–Trinajstić information content (AvgIpc) is 3.09. The molecule has 0 spiro atoms. The van der Waals surface area contributed by atoms with Crippen molar-refractivity contribution in [3.8, 4) is 0 Å². The van der Waals surface area contributed by atoms with Crippen LogP contribution in [0, 0.1) is 20.8 Å². The summed E-state index contributed by atoms with van der Waals surface area (Å²) < 4.78 is 2.06. The topological polar surface area (TPSA) is 59.3 Å². The van der Waals surface area contributed by atoms with Gasteiger partial charge in [0.05, 0.1) is 11.3 Å². The number of fused-ring (bicyclic) bond motifs is 3. The molecule has 1 N–H and O–H groups in total. The molecule has 0 atom stereocenters. The molecule has 4 rings (SSSR count). The molecule has 2 heterocycles. The molecule has 0 aliphatic rings. The van der Waals surface area contributed by atoms with Gasteiger partial charge in [0.15, 0.2) is 10.8 Å². The van der Waals surface area contributed by atoms with Crippen LogP contribution >= 0.6 is 11.8 Å². The first-order chi connectivity index (χ1) is 14.0. The van der Waals surface area contributed by atoms with Crippen LogP contribution in [0.1, 0.15) is 29.2 Å². The standard InChI is InChI=1S/C23H24N4OS/c1-5-17-6-8-18(9-7-17)24-21(28)13-29-23-26-25-20-12-15(3)19-11-14(2)10-16(4)22(19)27(20)23/h6-12H,5,13H2,1-4H3,(H,24,28). The van der Waals surface area contributed by atoms with Crippen molar-refractivity contribution in [1.29, 1.82) is 0 Å². The van der Waals surface area contributed by atoms with Gasteiger partial charge in [-0.15, -0.1) is 10.2 Å². The summed E-state index contributed by atoms with van der Waals surface area (Å²) in [6.07, 6.45) is 0.983. The molecule has 1 amide bonds. The summed E-state index contributed by atoms with van der Waals surface area (Å²) in [5.74, 6) is 0.219. The number of anilines is 1. The molecule has 0 aliphatic carbocycles. The molecular formula is C23H24N4OS. The van der Waals surface area contributed by atoms with Gasteiger partial charge < -0.3 is 5.32 Å². The summed E-state index contributed by atoms with van der Waals surface area (Å²) in [5.41, 5.74) is 7.56. The number of hydrogen-bond acceptors (Lipinski definition) is 4. The normalized spacial score (nSPS) is 11.3. The van der Waals surface area contributed by atoms with E-state index in [0.29, 0.717) is 0 Å². The van der Waals surface area contributed by atoms with Crippen molar-refractivity contribution in [2.24, 2.45) is 0 Å². The lowest BCUT2D eigenvalue weighted by molar-refractivity contribution is -0.113. The fourth-order valence-electron chi connectivity index (χ4n) is 3.66. The number of aromatic nitrogens is 3. The monoisotopic (exact) mass is 404 g/mol. The Labute approximate surface area is 174 Å². The van der Waals surface area contributed by atoms with Crippen molar-refractivity contribution in [2.75, 3.05) is 11.1 Å². The second-order valence-corrected chi connectivity index (χ2v) is 8.31. The maximum absolute atomic E-state index is 12.4. The number of carbonyl (C=O) groups excluding carboxylic acids is 1. The molecule has 0 bridgehead atoms. The van der Waals surface area contributed by atoms with E-state index >= 15 is 0 Å². The van der Waals surface area contributed by atoms with E-state index in [4.69, 9.17) is 0 Å². The first-order valence-corrected chi connectivity index (χ1v) is 10.7. The second-order valence-electron chi connectivity index (χ2n) is 7.37. The third kappa shape index (κ3) is 3.85. The minimum atomic E-state index is -0.0556. The van der Waals surface area contributed by atoms with E-state index in [9.17, 15) is 4.79 Å². The molecule has 0 radical (unpaired) electrons. The Balaban J connectivity index is 1.59. The molecule has 0 fully saturated rings. The Morgan fingerprint density at radius 3 is 2.52 bits per heavy atom. The van der Waals surface area contributed by atoms with Crippen LogP contribution < -0.4 is 5.32 Å². The molecule has 29 heavy (non-hydrogen) atoms. The number of carbonyl (C=O) groups is 1. The number of hydrogen-bond donors (Lipinski definition) is 1. The van der Waals surface area contributed by atoms with Gasteiger partial charge in [0.25, 0.3) is 0 Å². The minimum absolute atomic E-state index is 0.0556. The second kappa shape index (κ2) is 7.87. The van der Waals surface area contributed by atoms with Crippen LogP contribution in [0.5, 0.6) is 0 Å². The van der Waals surface area contributed by atoms with Gasteiger partial charge in [0.1, 0.15) is 0 Å². The van der Waals surface area contributed by atoms with Gasteiger partial charge in [-0.1, -0.05) is 42.4 Å². The van der Waals surface area contributed by atoms with Crippen LogP contribution in [-0.4, -0.2) is 26.3 Å². The molecule has 2 aromatic carbocycles. The van der Waals surface area contributed by atoms with E-state index in [1.807, 2.05) is 30.3 Å². The van der Waals surface area contributed by atoms with E-state index < -0.39 is 0 Å². The zero-order valence-electron chi connectivity index (χ0n) is 17.1. The number of aryl methyl sites for hydroxylation is 4. The SMILES string of the molecule is CCc1ccc(NC(=O)CSc2nnc3cc(C)c4cc(C)cc(C)c4n23)cc1. The number of nitrogens with zero attached hydrogens (tertiary/aromatic N) is 3. The molecule has 148 valence electrons. The van der Waals surface area contributed by atoms with Crippen molar-refractivity contribution in [3.63, 3.8) is 0 Å². The van der Waals surface area contributed by atoms with Crippen LogP contribution in [0.15, 0.2) is 47.6 Å². The van der Waals surface area contributed by atoms with Crippen molar-refractivity contribution in [3.05, 3.63) is 64.7 Å². The van der Waals surface area contributed by atoms with E-state index in [2.05, 4.69) is 59.7 Å². The fraction of sp³-hybridized carbons (Fsp3) is 0.261. The van der Waals surface area contributed by atoms with Crippen LogP contribution in [0.25, 0.3) is 16.6 Å². The Hall–Kier alpha value is -2.86. The summed E-state index contributed by atoms with van der Waals surface area (Å²) in [6.45, 7) is 8.42. The Kier molecular flexibility index (Phi) is 5.28. The average molecular weight is 405 g/mol. The highest BCUT2D eigenvalue weighted by Crippen LogP contribution is 2.29. The summed E-state index contributed by atoms with van der Waals surface area (Å²) in [7, 11) is 0. The van der Waals surface area contributed by atoms with Gasteiger partial charge in [-0.05, 0) is 68.1 Å². The summed E-state index contributed by atoms with van der Waals surface area (Å²) in [5, 5.41) is 13.6. The van der Waals surface area contributed by atoms with E-state index in [1.54, 1.807) is 0 Å². The molecule has 5 nitrogen and oxygen atoms in total. The molecule has 6 heteroatoms. The molecule has 4 aromatic rings. The van der Waals surface area contributed by atoms with Gasteiger partial charge in [-0.2, -0.15) is 0 Å². The summed E-state index contributed by atoms with van der Waals surface area (Å²) in [6, 6.07) is 14.4. The van der Waals surface area contributed by atoms with Crippen LogP contribution in [0.2, 0.25) is 0 Å². The predicted octanol–water partition coefficient (Wildman–Crippen LogP) is 5.10. The molecule has 0 saturated heterocycles. The van der Waals surface area contributed by atoms with Gasteiger partial charge >= 0.3 is 0 Å². The summed E-state index contributed by atoms with van der Waals surface area (Å²) in [4.78, 5) is 12.4. The number of rotatable bonds is 5. The number of thioether (sulfide) groups is 1. The van der Waals surface area contributed by atoms with Crippen LogP contribution in [0.3, 0.4) is 0 Å². The first-order valence-electron chi connectivity index (χ1n) is 9.73. The highest BCUT2D eigenvalue weighted by Gasteiger charge is 2.15. The molecule has 0 saturated carbocycles. The zero-order chi connectivity index (χ0) is 20.5. The highest BCUT2D eigenvalue weighted by atomic mass is 32.2. The Morgan fingerprint density at radius 1 is 1.03 bits per heavy atom. The molecule has 2 aromatic heterocycles. The molecular weight excluding hydrogens is 380 g/mol. The van der Waals surface area contributed by atoms with E-state index in [1.165, 1.54) is 39.4 Å². The maximum atomic E-state index is 12.4. The Morgan fingerprint density at radius 2 is 1.79 bits per heavy atom. The highest BCUT2D eigenvalue weighted by molar-refractivity contribution is 7.99. The number of pyridine rings is 1. The third-order valence-corrected chi connectivity index (χ3v) is 6.00. The van der Waals surface area contributed by atoms with Crippen molar-refractivity contribution in [1.82, 2.24) is 14.6 Å². The predicted molar refractivity (Wildman–Crippen MR) is 120 cm³/mol. The largest absolute Gasteiger partial charge is 0.325 e. The molecule has 0 unspecified atom stereocenters. The quantitative estimate of drug-likeness (QED) is 0.470. The lowest BCUT2D eigenvalue weighted by Crippen LogP contribution is -2.14. The fourth-order valence-corrected chi connectivity index (χ4v) is 4.40. The first kappa shape index (κ1) is 19.5. The van der Waals surface area contributed by atoms with E-state index in [-0.39, 0.29) is 11.7 Å². The maximum Gasteiger partial charge on any atom is 0.234 e. The van der Waals surface area contributed by atoms with Crippen molar-refractivity contribution < 1.29 is 4.79 Å². The van der Waals surface area contributed by atoms with Gasteiger partial charge in [0, 0.05) is 11.1 Å². The lowest BCUT2D eigenvalue weighted by Gasteiger charge is -2.11. The van der Waals surface area contributed by atoms with Crippen molar-refractivity contribution >= 4 is 39.9 Å². The van der Waals surface area contributed by atoms with Crippen LogP contribution in [-0.2, 0) is 11.2 Å². The van der Waals surface area contributed by atoms with Crippen molar-refractivity contribution in [2.45, 2.75) is 39.3 Å². The number of amides is 1. The number of benzene rings is 2. The van der Waals surface area contributed by atoms with Gasteiger partial charge in [-0.25, -0.2) is 0 Å². The number of nitrogens with one attached hydrogen (secondary N) is 1. The van der Waals surface area contributed by atoms with Gasteiger partial charge in [-0.3, -0.25) is 9.20 Å². The van der Waals surface area contributed by atoms with E-state index in [0.717, 1.165) is 28.4 Å². The Bertz CT molecular complexity index is 1210. The minimum Gasteiger partial charge on any atom is -0.325 e. The molecule has 0 aliphatic heterocycles. The zero-order valence-corrected chi connectivity index (χ0v) is 17.9. The summed E-state index contributed by atoms with van der Waals surface area (Å²) >= 11 is 1.40. The van der Waals surface area contributed by atoms with Gasteiger partial charge in [0.2, 0.25) is 5.91 Å². The smallest absolute Gasteiger partial charge is 0.234 e. The van der Waals surface area contributed by atoms with Crippen LogP contribution in [0.4, 0.5) is 5.69 Å². The lowest BCUT2D eigenvalue weighted by atomic mass is 10.0. The third-order valence-electron chi connectivity index (χ3n) is 5.08.